The minimum Gasteiger partial charge on any atom is -0.388 e. The minimum atomic E-state index is -0.654. The van der Waals surface area contributed by atoms with Crippen molar-refractivity contribution in [3.63, 3.8) is 0 Å². The predicted molar refractivity (Wildman–Crippen MR) is 86.4 cm³/mol. The molecule has 2 rings (SSSR count). The summed E-state index contributed by atoms with van der Waals surface area (Å²) in [5, 5.41) is 10.4. The third-order valence-corrected chi connectivity index (χ3v) is 5.29. The zero-order chi connectivity index (χ0) is 14.9. The van der Waals surface area contributed by atoms with Crippen LogP contribution in [0.5, 0.6) is 0 Å². The van der Waals surface area contributed by atoms with E-state index in [1.807, 2.05) is 26.0 Å². The van der Waals surface area contributed by atoms with Crippen LogP contribution in [0, 0.1) is 19.7 Å². The maximum absolute atomic E-state index is 13.3. The molecule has 0 aliphatic carbocycles. The molecule has 20 heavy (non-hydrogen) atoms. The molecule has 2 aromatic rings. The van der Waals surface area contributed by atoms with Crippen LogP contribution in [-0.4, -0.2) is 5.11 Å². The third-order valence-electron chi connectivity index (χ3n) is 3.26. The van der Waals surface area contributed by atoms with Gasteiger partial charge in [-0.1, -0.05) is 44.0 Å². The number of aryl methyl sites for hydroxylation is 2. The van der Waals surface area contributed by atoms with Crippen molar-refractivity contribution in [1.29, 1.82) is 0 Å². The number of hydrogen-bond donors (Lipinski definition) is 1. The lowest BCUT2D eigenvalue weighted by Gasteiger charge is -2.15. The molecule has 0 saturated carbocycles. The largest absolute Gasteiger partial charge is 0.388 e. The Morgan fingerprint density at radius 3 is 2.30 bits per heavy atom. The fourth-order valence-electron chi connectivity index (χ4n) is 2.20. The maximum Gasteiger partial charge on any atom is 0.123 e. The van der Waals surface area contributed by atoms with Crippen molar-refractivity contribution in [3.8, 4) is 0 Å². The highest BCUT2D eigenvalue weighted by Crippen LogP contribution is 2.29. The van der Waals surface area contributed by atoms with Crippen LogP contribution in [0.4, 0.5) is 4.39 Å². The Balaban J connectivity index is 2.28. The molecule has 0 amide bonds. The van der Waals surface area contributed by atoms with E-state index in [4.69, 9.17) is 0 Å². The summed E-state index contributed by atoms with van der Waals surface area (Å²) in [5.74, 6) is -0.293. The molecule has 1 unspecified atom stereocenters. The molecule has 0 fully saturated rings. The van der Waals surface area contributed by atoms with E-state index in [1.54, 1.807) is 6.07 Å². The van der Waals surface area contributed by atoms with Gasteiger partial charge in [-0.15, -0.1) is 0 Å². The molecule has 0 bridgehead atoms. The van der Waals surface area contributed by atoms with Gasteiger partial charge in [0.25, 0.3) is 0 Å². The highest BCUT2D eigenvalue weighted by molar-refractivity contribution is 9.10. The smallest absolute Gasteiger partial charge is 0.123 e. The van der Waals surface area contributed by atoms with Gasteiger partial charge in [0, 0.05) is 15.4 Å². The quantitative estimate of drug-likeness (QED) is 0.745. The fourth-order valence-corrected chi connectivity index (χ4v) is 2.84. The molecule has 1 N–H and O–H groups in total. The van der Waals surface area contributed by atoms with Crippen molar-refractivity contribution in [1.82, 2.24) is 0 Å². The van der Waals surface area contributed by atoms with Crippen molar-refractivity contribution < 1.29 is 9.50 Å². The van der Waals surface area contributed by atoms with Crippen molar-refractivity contribution in [2.75, 3.05) is 0 Å². The fraction of sp³-hybridized carbons (Fsp3) is 0.250. The summed E-state index contributed by atoms with van der Waals surface area (Å²) in [7, 11) is 0. The van der Waals surface area contributed by atoms with Gasteiger partial charge in [-0.3, -0.25) is 0 Å². The van der Waals surface area contributed by atoms with Gasteiger partial charge in [-0.2, -0.15) is 0 Å². The number of aliphatic hydroxyl groups is 1. The second kappa shape index (κ2) is 6.37. The molecule has 1 atom stereocenters. The highest BCUT2D eigenvalue weighted by atomic mass is 79.9. The van der Waals surface area contributed by atoms with Gasteiger partial charge in [0.2, 0.25) is 0 Å². The molecule has 0 saturated heterocycles. The molecule has 2 aromatic carbocycles. The molecule has 106 valence electrons. The van der Waals surface area contributed by atoms with E-state index in [9.17, 15) is 9.50 Å². The Bertz CT molecular complexity index is 617. The molecule has 0 spiro atoms. The number of benzene rings is 2. The average molecular weight is 402 g/mol. The number of hydrogen-bond acceptors (Lipinski definition) is 1. The molecule has 4 heteroatoms. The van der Waals surface area contributed by atoms with E-state index in [0.717, 1.165) is 31.2 Å². The molecule has 0 aliphatic rings. The molecular weight excluding hydrogens is 387 g/mol. The normalized spacial score (nSPS) is 12.5. The van der Waals surface area contributed by atoms with E-state index < -0.39 is 6.10 Å². The van der Waals surface area contributed by atoms with E-state index in [1.165, 1.54) is 12.1 Å². The van der Waals surface area contributed by atoms with Crippen LogP contribution in [0.15, 0.2) is 39.3 Å². The van der Waals surface area contributed by atoms with Crippen molar-refractivity contribution in [2.45, 2.75) is 26.4 Å². The Hall–Kier alpha value is -0.710. The third kappa shape index (κ3) is 3.48. The Kier molecular flexibility index (Phi) is 4.99. The summed E-state index contributed by atoms with van der Waals surface area (Å²) in [6.07, 6.45) is -0.280. The molecule has 0 aliphatic heterocycles. The summed E-state index contributed by atoms with van der Waals surface area (Å²) >= 11 is 6.90. The van der Waals surface area contributed by atoms with Gasteiger partial charge in [-0.05, 0) is 54.3 Å². The summed E-state index contributed by atoms with van der Waals surface area (Å²) in [6, 6.07) is 8.42. The van der Waals surface area contributed by atoms with Gasteiger partial charge >= 0.3 is 0 Å². The summed E-state index contributed by atoms with van der Waals surface area (Å²) < 4.78 is 15.1. The predicted octanol–water partition coefficient (Wildman–Crippen LogP) is 5.24. The maximum atomic E-state index is 13.3. The zero-order valence-electron chi connectivity index (χ0n) is 11.3. The van der Waals surface area contributed by atoms with Crippen LogP contribution in [-0.2, 0) is 6.42 Å². The highest BCUT2D eigenvalue weighted by Gasteiger charge is 2.13. The lowest BCUT2D eigenvalue weighted by atomic mass is 9.98. The molecule has 1 nitrogen and oxygen atoms in total. The minimum absolute atomic E-state index is 0.293. The van der Waals surface area contributed by atoms with Crippen LogP contribution < -0.4 is 0 Å². The van der Waals surface area contributed by atoms with Gasteiger partial charge in [0.15, 0.2) is 0 Å². The van der Waals surface area contributed by atoms with Crippen LogP contribution in [0.2, 0.25) is 0 Å². The van der Waals surface area contributed by atoms with Gasteiger partial charge in [-0.25, -0.2) is 4.39 Å². The molecule has 0 heterocycles. The van der Waals surface area contributed by atoms with Crippen LogP contribution in [0.3, 0.4) is 0 Å². The topological polar surface area (TPSA) is 20.2 Å². The summed E-state index contributed by atoms with van der Waals surface area (Å²) in [5.41, 5.74) is 3.77. The first kappa shape index (κ1) is 15.7. The summed E-state index contributed by atoms with van der Waals surface area (Å²) in [4.78, 5) is 0. The van der Waals surface area contributed by atoms with Crippen molar-refractivity contribution in [3.05, 3.63) is 67.3 Å². The first-order valence-electron chi connectivity index (χ1n) is 6.27. The molecule has 0 aromatic heterocycles. The number of halogens is 3. The van der Waals surface area contributed by atoms with E-state index in [-0.39, 0.29) is 5.82 Å². The number of aliphatic hydroxyl groups excluding tert-OH is 1. The lowest BCUT2D eigenvalue weighted by molar-refractivity contribution is 0.178. The van der Waals surface area contributed by atoms with E-state index >= 15 is 0 Å². The zero-order valence-corrected chi connectivity index (χ0v) is 14.4. The van der Waals surface area contributed by atoms with Crippen LogP contribution >= 0.6 is 31.9 Å². The second-order valence-electron chi connectivity index (χ2n) is 4.92. The second-order valence-corrected chi connectivity index (χ2v) is 6.57. The van der Waals surface area contributed by atoms with Gasteiger partial charge < -0.3 is 5.11 Å². The van der Waals surface area contributed by atoms with Crippen LogP contribution in [0.25, 0.3) is 0 Å². The lowest BCUT2D eigenvalue weighted by Crippen LogP contribution is -2.04. The first-order valence-corrected chi connectivity index (χ1v) is 7.85. The van der Waals surface area contributed by atoms with Gasteiger partial charge in [0.05, 0.1) is 6.10 Å². The average Bonchev–Trinajstić information content (AvgIpc) is 2.39. The molecule has 0 radical (unpaired) electrons. The van der Waals surface area contributed by atoms with Crippen molar-refractivity contribution >= 4 is 31.9 Å². The standard InChI is InChI=1S/C16H15Br2FO/c1-9-5-12(6-10(2)16(9)18)15(20)8-11-7-13(19)3-4-14(11)17/h3-7,15,20H,8H2,1-2H3. The summed E-state index contributed by atoms with van der Waals surface area (Å²) in [6.45, 7) is 3.98. The van der Waals surface area contributed by atoms with E-state index in [0.29, 0.717) is 6.42 Å². The Labute approximate surface area is 135 Å². The van der Waals surface area contributed by atoms with Gasteiger partial charge in [0.1, 0.15) is 5.82 Å². The monoisotopic (exact) mass is 400 g/mol. The first-order chi connectivity index (χ1) is 9.38. The SMILES string of the molecule is Cc1cc(C(O)Cc2cc(F)ccc2Br)cc(C)c1Br. The number of rotatable bonds is 3. The molecular formula is C16H15Br2FO. The van der Waals surface area contributed by atoms with Crippen LogP contribution in [0.1, 0.15) is 28.4 Å². The Morgan fingerprint density at radius 2 is 1.70 bits per heavy atom. The Morgan fingerprint density at radius 1 is 1.10 bits per heavy atom. The van der Waals surface area contributed by atoms with Crippen molar-refractivity contribution in [2.24, 2.45) is 0 Å². The van der Waals surface area contributed by atoms with E-state index in [2.05, 4.69) is 31.9 Å².